The van der Waals surface area contributed by atoms with E-state index in [2.05, 4.69) is 48.9 Å². The number of nitrogens with one attached hydrogen (secondary N) is 1. The van der Waals surface area contributed by atoms with E-state index in [1.807, 2.05) is 4.90 Å². The van der Waals surface area contributed by atoms with Gasteiger partial charge in [-0.2, -0.15) is 0 Å². The predicted molar refractivity (Wildman–Crippen MR) is 154 cm³/mol. The van der Waals surface area contributed by atoms with Crippen molar-refractivity contribution in [3.63, 3.8) is 0 Å². The number of amides is 1. The van der Waals surface area contributed by atoms with E-state index in [-0.39, 0.29) is 17.5 Å². The first-order valence-corrected chi connectivity index (χ1v) is 13.8. The van der Waals surface area contributed by atoms with Crippen LogP contribution in [0.5, 0.6) is 0 Å². The number of carbonyl (C=O) groups excluding carboxylic acids is 1. The second kappa shape index (κ2) is 11.7. The Labute approximate surface area is 237 Å². The average molecular weight is 558 g/mol. The lowest BCUT2D eigenvalue weighted by Gasteiger charge is -2.36. The van der Waals surface area contributed by atoms with Crippen molar-refractivity contribution in [3.05, 3.63) is 60.3 Å². The Hall–Kier alpha value is -4.29. The Balaban J connectivity index is 1.17. The molecule has 41 heavy (non-hydrogen) atoms. The van der Waals surface area contributed by atoms with Crippen LogP contribution >= 0.6 is 0 Å². The van der Waals surface area contributed by atoms with Gasteiger partial charge in [-0.1, -0.05) is 6.07 Å². The van der Waals surface area contributed by atoms with Crippen molar-refractivity contribution in [1.82, 2.24) is 34.7 Å². The fourth-order valence-corrected chi connectivity index (χ4v) is 5.06. The Bertz CT molecular complexity index is 1540. The van der Waals surface area contributed by atoms with Crippen molar-refractivity contribution in [1.29, 1.82) is 0 Å². The highest BCUT2D eigenvalue weighted by Crippen LogP contribution is 2.26. The standard InChI is InChI=1S/C29H32FN9O2/c1-19(2)37-7-9-39(10-8-37)28(40)21-4-6-25(32-16-21)35-29-33-17-22(30)27(36-29)20-3-5-23-24(15-20)34-26(18-31-23)38-11-13-41-14-12-38/h3-6,15-19H,7-14H2,1-2H3,(H,32,33,35,36). The third-order valence-corrected chi connectivity index (χ3v) is 7.46. The van der Waals surface area contributed by atoms with Gasteiger partial charge in [0.05, 0.1) is 42.2 Å². The molecule has 0 atom stereocenters. The number of nitrogens with zero attached hydrogens (tertiary/aromatic N) is 8. The maximum Gasteiger partial charge on any atom is 0.255 e. The maximum absolute atomic E-state index is 14.9. The molecular formula is C29H32FN9O2. The topological polar surface area (TPSA) is 112 Å². The van der Waals surface area contributed by atoms with Crippen LogP contribution in [-0.4, -0.2) is 99.2 Å². The number of hydrogen-bond acceptors (Lipinski definition) is 10. The normalized spacial score (nSPS) is 16.4. The number of piperazine rings is 1. The molecule has 3 aromatic heterocycles. The first-order valence-electron chi connectivity index (χ1n) is 13.8. The number of morpholine rings is 1. The molecule has 0 aliphatic carbocycles. The second-order valence-corrected chi connectivity index (χ2v) is 10.4. The highest BCUT2D eigenvalue weighted by molar-refractivity contribution is 5.94. The first kappa shape index (κ1) is 26.9. The Morgan fingerprint density at radius 3 is 2.44 bits per heavy atom. The van der Waals surface area contributed by atoms with Gasteiger partial charge in [0.1, 0.15) is 17.3 Å². The van der Waals surface area contributed by atoms with Crippen LogP contribution in [0.4, 0.5) is 22.0 Å². The molecule has 11 nitrogen and oxygen atoms in total. The average Bonchev–Trinajstić information content (AvgIpc) is 3.02. The summed E-state index contributed by atoms with van der Waals surface area (Å²) in [5.74, 6) is 0.797. The summed E-state index contributed by atoms with van der Waals surface area (Å²) in [6.45, 7) is 10.2. The van der Waals surface area contributed by atoms with Crippen molar-refractivity contribution in [2.24, 2.45) is 0 Å². The molecule has 0 unspecified atom stereocenters. The quantitative estimate of drug-likeness (QED) is 0.379. The van der Waals surface area contributed by atoms with E-state index in [1.54, 1.807) is 36.5 Å². The summed E-state index contributed by atoms with van der Waals surface area (Å²) in [5, 5.41) is 3.02. The van der Waals surface area contributed by atoms with Gasteiger partial charge < -0.3 is 19.9 Å². The van der Waals surface area contributed by atoms with Gasteiger partial charge in [-0.15, -0.1) is 0 Å². The summed E-state index contributed by atoms with van der Waals surface area (Å²) in [5.41, 5.74) is 2.56. The van der Waals surface area contributed by atoms with Crippen LogP contribution in [0.3, 0.4) is 0 Å². The summed E-state index contributed by atoms with van der Waals surface area (Å²) >= 11 is 0. The van der Waals surface area contributed by atoms with Crippen molar-refractivity contribution < 1.29 is 13.9 Å². The zero-order chi connectivity index (χ0) is 28.3. The van der Waals surface area contributed by atoms with Crippen LogP contribution in [0.25, 0.3) is 22.3 Å². The monoisotopic (exact) mass is 557 g/mol. The van der Waals surface area contributed by atoms with E-state index < -0.39 is 5.82 Å². The number of ether oxygens (including phenoxy) is 1. The first-order chi connectivity index (χ1) is 19.9. The highest BCUT2D eigenvalue weighted by atomic mass is 19.1. The number of pyridine rings is 1. The van der Waals surface area contributed by atoms with Gasteiger partial charge in [-0.3, -0.25) is 14.7 Å². The molecule has 0 saturated carbocycles. The van der Waals surface area contributed by atoms with E-state index in [0.717, 1.165) is 38.2 Å². The molecule has 4 aromatic rings. The zero-order valence-corrected chi connectivity index (χ0v) is 23.1. The van der Waals surface area contributed by atoms with Crippen molar-refractivity contribution in [3.8, 4) is 11.3 Å². The van der Waals surface area contributed by atoms with E-state index in [0.29, 0.717) is 60.3 Å². The number of benzene rings is 1. The molecule has 1 aromatic carbocycles. The maximum atomic E-state index is 14.9. The molecule has 2 aliphatic rings. The third kappa shape index (κ3) is 5.93. The van der Waals surface area contributed by atoms with Gasteiger partial charge in [0.2, 0.25) is 5.95 Å². The third-order valence-electron chi connectivity index (χ3n) is 7.46. The molecule has 5 heterocycles. The number of anilines is 3. The van der Waals surface area contributed by atoms with Gasteiger partial charge in [-0.05, 0) is 38.1 Å². The zero-order valence-electron chi connectivity index (χ0n) is 23.1. The highest BCUT2D eigenvalue weighted by Gasteiger charge is 2.23. The molecule has 2 saturated heterocycles. The van der Waals surface area contributed by atoms with Crippen molar-refractivity contribution in [2.45, 2.75) is 19.9 Å². The Morgan fingerprint density at radius 2 is 1.71 bits per heavy atom. The van der Waals surface area contributed by atoms with E-state index in [4.69, 9.17) is 9.72 Å². The van der Waals surface area contributed by atoms with Crippen LogP contribution in [0.15, 0.2) is 48.9 Å². The number of fused-ring (bicyclic) bond motifs is 1. The lowest BCUT2D eigenvalue weighted by molar-refractivity contribution is 0.0595. The Kier molecular flexibility index (Phi) is 7.66. The molecule has 2 aliphatic heterocycles. The summed E-state index contributed by atoms with van der Waals surface area (Å²) < 4.78 is 20.3. The second-order valence-electron chi connectivity index (χ2n) is 10.4. The van der Waals surface area contributed by atoms with Gasteiger partial charge >= 0.3 is 0 Å². The summed E-state index contributed by atoms with van der Waals surface area (Å²) in [4.78, 5) is 41.5. The number of halogens is 1. The number of carbonyl (C=O) groups is 1. The number of rotatable bonds is 6. The molecule has 0 bridgehead atoms. The molecule has 6 rings (SSSR count). The van der Waals surface area contributed by atoms with Crippen molar-refractivity contribution >= 4 is 34.5 Å². The van der Waals surface area contributed by atoms with Gasteiger partial charge in [-0.25, -0.2) is 24.3 Å². The summed E-state index contributed by atoms with van der Waals surface area (Å²) in [7, 11) is 0. The summed E-state index contributed by atoms with van der Waals surface area (Å²) in [6.07, 6.45) is 4.41. The largest absolute Gasteiger partial charge is 0.378 e. The van der Waals surface area contributed by atoms with E-state index >= 15 is 0 Å². The minimum atomic E-state index is -0.557. The van der Waals surface area contributed by atoms with Gasteiger partial charge in [0.15, 0.2) is 5.82 Å². The van der Waals surface area contributed by atoms with E-state index in [9.17, 15) is 9.18 Å². The minimum Gasteiger partial charge on any atom is -0.378 e. The molecule has 12 heteroatoms. The smallest absolute Gasteiger partial charge is 0.255 e. The fourth-order valence-electron chi connectivity index (χ4n) is 5.06. The lowest BCUT2D eigenvalue weighted by Crippen LogP contribution is -2.50. The molecular weight excluding hydrogens is 525 g/mol. The van der Waals surface area contributed by atoms with Crippen LogP contribution in [0, 0.1) is 5.82 Å². The van der Waals surface area contributed by atoms with Crippen LogP contribution < -0.4 is 10.2 Å². The van der Waals surface area contributed by atoms with Crippen molar-refractivity contribution in [2.75, 3.05) is 62.7 Å². The van der Waals surface area contributed by atoms with Crippen LogP contribution in [0.1, 0.15) is 24.2 Å². The fraction of sp³-hybridized carbons (Fsp3) is 0.379. The molecule has 0 spiro atoms. The lowest BCUT2D eigenvalue weighted by atomic mass is 10.1. The molecule has 0 radical (unpaired) electrons. The molecule has 1 N–H and O–H groups in total. The predicted octanol–water partition coefficient (Wildman–Crippen LogP) is 3.37. The van der Waals surface area contributed by atoms with Crippen LogP contribution in [-0.2, 0) is 4.74 Å². The molecule has 212 valence electrons. The minimum absolute atomic E-state index is 0.0380. The summed E-state index contributed by atoms with van der Waals surface area (Å²) in [6, 6.07) is 9.24. The molecule has 2 fully saturated rings. The van der Waals surface area contributed by atoms with Gasteiger partial charge in [0, 0.05) is 57.1 Å². The number of hydrogen-bond donors (Lipinski definition) is 1. The van der Waals surface area contributed by atoms with Crippen LogP contribution in [0.2, 0.25) is 0 Å². The SMILES string of the molecule is CC(C)N1CCN(C(=O)c2ccc(Nc3ncc(F)c(-c4ccc5ncc(N6CCOCC6)nc5c4)n3)nc2)CC1. The van der Waals surface area contributed by atoms with E-state index in [1.165, 1.54) is 6.20 Å². The molecule has 1 amide bonds. The van der Waals surface area contributed by atoms with Gasteiger partial charge in [0.25, 0.3) is 5.91 Å². The number of aromatic nitrogens is 5. The Morgan fingerprint density at radius 1 is 0.902 bits per heavy atom.